The first-order valence-electron chi connectivity index (χ1n) is 14.9. The fourth-order valence-electron chi connectivity index (χ4n) is 5.11. The topological polar surface area (TPSA) is 133 Å². The molecule has 0 atom stereocenters. The molecule has 0 saturated heterocycles. The maximum absolute atomic E-state index is 14.4. The number of hydrogen-bond acceptors (Lipinski definition) is 10. The summed E-state index contributed by atoms with van der Waals surface area (Å²) < 4.78 is 40.4. The number of aromatic nitrogens is 1. The molecule has 0 aliphatic carbocycles. The number of fused-ring (bicyclic) bond motifs is 1. The first kappa shape index (κ1) is 34.5. The zero-order valence-corrected chi connectivity index (χ0v) is 28.1. The smallest absolute Gasteiger partial charge is 0.412 e. The standard InChI is InChI=1S/C35H40N2O10/c1-10-45-25-18-23-24(19-26(25)46-11-2)32(38)37(22-14-12-21(13-15-22)36-34(40)47-35(3,4)5)30(33(39)44-9)29(23)20-16-27(41-6)31(43-8)28(17-20)42-7/h12-19H,10-11H2,1-9H3,(H,36,40). The van der Waals surface area contributed by atoms with Crippen LogP contribution in [0.4, 0.5) is 10.5 Å². The van der Waals surface area contributed by atoms with Gasteiger partial charge in [0.05, 0.1) is 47.0 Å². The van der Waals surface area contributed by atoms with Gasteiger partial charge in [-0.3, -0.25) is 14.7 Å². The van der Waals surface area contributed by atoms with Gasteiger partial charge in [0.25, 0.3) is 5.56 Å². The number of benzene rings is 3. The van der Waals surface area contributed by atoms with E-state index in [1.54, 1.807) is 69.3 Å². The minimum Gasteiger partial charge on any atom is -0.493 e. The third-order valence-corrected chi connectivity index (χ3v) is 6.95. The average Bonchev–Trinajstić information content (AvgIpc) is 3.03. The maximum atomic E-state index is 14.4. The van der Waals surface area contributed by atoms with E-state index < -0.39 is 23.2 Å². The van der Waals surface area contributed by atoms with Crippen molar-refractivity contribution in [2.45, 2.75) is 40.2 Å². The van der Waals surface area contributed by atoms with Gasteiger partial charge in [0.15, 0.2) is 23.0 Å². The molecule has 12 heteroatoms. The van der Waals surface area contributed by atoms with Crippen LogP contribution in [0, 0.1) is 0 Å². The minimum atomic E-state index is -0.782. The van der Waals surface area contributed by atoms with Crippen molar-refractivity contribution < 1.29 is 42.7 Å². The van der Waals surface area contributed by atoms with Gasteiger partial charge in [-0.25, -0.2) is 9.59 Å². The van der Waals surface area contributed by atoms with E-state index in [9.17, 15) is 14.4 Å². The second-order valence-electron chi connectivity index (χ2n) is 11.2. The average molecular weight is 649 g/mol. The lowest BCUT2D eigenvalue weighted by Gasteiger charge is -2.22. The summed E-state index contributed by atoms with van der Waals surface area (Å²) in [5.74, 6) is 0.979. The molecule has 0 unspecified atom stereocenters. The normalized spacial score (nSPS) is 11.1. The molecule has 0 aliphatic rings. The third kappa shape index (κ3) is 7.21. The van der Waals surface area contributed by atoms with Crippen LogP contribution >= 0.6 is 0 Å². The quantitative estimate of drug-likeness (QED) is 0.177. The highest BCUT2D eigenvalue weighted by molar-refractivity contribution is 6.08. The molecule has 1 amide bonds. The summed E-state index contributed by atoms with van der Waals surface area (Å²) >= 11 is 0. The second kappa shape index (κ2) is 14.4. The maximum Gasteiger partial charge on any atom is 0.412 e. The molecule has 0 spiro atoms. The number of rotatable bonds is 11. The molecule has 250 valence electrons. The number of hydrogen-bond donors (Lipinski definition) is 1. The molecule has 0 fully saturated rings. The lowest BCUT2D eigenvalue weighted by Crippen LogP contribution is -2.27. The highest BCUT2D eigenvalue weighted by atomic mass is 16.6. The second-order valence-corrected chi connectivity index (χ2v) is 11.2. The largest absolute Gasteiger partial charge is 0.493 e. The molecule has 4 rings (SSSR count). The summed E-state index contributed by atoms with van der Waals surface area (Å²) in [7, 11) is 5.68. The predicted molar refractivity (Wildman–Crippen MR) is 178 cm³/mol. The van der Waals surface area contributed by atoms with Crippen molar-refractivity contribution >= 4 is 28.5 Å². The Balaban J connectivity index is 2.12. The number of anilines is 1. The van der Waals surface area contributed by atoms with E-state index in [-0.39, 0.29) is 11.1 Å². The van der Waals surface area contributed by atoms with E-state index in [1.165, 1.54) is 33.0 Å². The molecule has 47 heavy (non-hydrogen) atoms. The molecule has 1 aromatic heterocycles. The van der Waals surface area contributed by atoms with Crippen LogP contribution in [0.15, 0.2) is 53.3 Å². The first-order chi connectivity index (χ1) is 22.4. The molecule has 0 aliphatic heterocycles. The summed E-state index contributed by atoms with van der Waals surface area (Å²) in [5.41, 5.74) is 0.267. The number of carbonyl (C=O) groups is 2. The summed E-state index contributed by atoms with van der Waals surface area (Å²) in [5, 5.41) is 3.31. The molecule has 1 heterocycles. The third-order valence-electron chi connectivity index (χ3n) is 6.95. The summed E-state index contributed by atoms with van der Waals surface area (Å²) in [4.78, 5) is 40.6. The molecule has 4 aromatic rings. The van der Waals surface area contributed by atoms with Gasteiger partial charge in [-0.15, -0.1) is 0 Å². The minimum absolute atomic E-state index is 0.0706. The summed E-state index contributed by atoms with van der Waals surface area (Å²) in [6.45, 7) is 9.59. The summed E-state index contributed by atoms with van der Waals surface area (Å²) in [6, 6.07) is 13.0. The van der Waals surface area contributed by atoms with Crippen LogP contribution in [0.1, 0.15) is 45.1 Å². The zero-order valence-electron chi connectivity index (χ0n) is 28.1. The van der Waals surface area contributed by atoms with Gasteiger partial charge >= 0.3 is 12.1 Å². The highest BCUT2D eigenvalue weighted by Crippen LogP contribution is 2.45. The van der Waals surface area contributed by atoms with Gasteiger partial charge in [0.1, 0.15) is 11.3 Å². The number of carbonyl (C=O) groups excluding carboxylic acids is 2. The van der Waals surface area contributed by atoms with Crippen molar-refractivity contribution in [3.8, 4) is 45.6 Å². The van der Waals surface area contributed by atoms with E-state index in [1.807, 2.05) is 13.8 Å². The number of nitrogens with zero attached hydrogens (tertiary/aromatic N) is 1. The first-order valence-corrected chi connectivity index (χ1v) is 14.9. The Morgan fingerprint density at radius 1 is 0.766 bits per heavy atom. The number of nitrogens with one attached hydrogen (secondary N) is 1. The van der Waals surface area contributed by atoms with Crippen LogP contribution in [0.3, 0.4) is 0 Å². The van der Waals surface area contributed by atoms with Crippen LogP contribution in [0.25, 0.3) is 27.6 Å². The van der Waals surface area contributed by atoms with Gasteiger partial charge in [0.2, 0.25) is 5.75 Å². The molecule has 0 bridgehead atoms. The Morgan fingerprint density at radius 2 is 1.32 bits per heavy atom. The van der Waals surface area contributed by atoms with Crippen molar-refractivity contribution in [2.24, 2.45) is 0 Å². The Labute approximate surface area is 273 Å². The molecule has 0 radical (unpaired) electrons. The fraction of sp³-hybridized carbons (Fsp3) is 0.343. The molecule has 1 N–H and O–H groups in total. The molecular weight excluding hydrogens is 608 g/mol. The van der Waals surface area contributed by atoms with Gasteiger partial charge in [0, 0.05) is 22.3 Å². The van der Waals surface area contributed by atoms with Gasteiger partial charge in [-0.05, 0) is 88.7 Å². The van der Waals surface area contributed by atoms with Crippen LogP contribution in [0.2, 0.25) is 0 Å². The number of amides is 1. The Bertz CT molecular complexity index is 1810. The van der Waals surface area contributed by atoms with E-state index in [2.05, 4.69) is 5.32 Å². The monoisotopic (exact) mass is 648 g/mol. The molecular formula is C35H40N2O10. The van der Waals surface area contributed by atoms with Crippen LogP contribution in [-0.4, -0.2) is 63.9 Å². The van der Waals surface area contributed by atoms with E-state index >= 15 is 0 Å². The van der Waals surface area contributed by atoms with Crippen molar-refractivity contribution in [1.29, 1.82) is 0 Å². The SMILES string of the molecule is CCOc1cc2c(-c3cc(OC)c(OC)c(OC)c3)c(C(=O)OC)n(-c3ccc(NC(=O)OC(C)(C)C)cc3)c(=O)c2cc1OCC. The number of ether oxygens (including phenoxy) is 7. The van der Waals surface area contributed by atoms with Gasteiger partial charge in [-0.1, -0.05) is 0 Å². The van der Waals surface area contributed by atoms with Crippen LogP contribution < -0.4 is 34.6 Å². The van der Waals surface area contributed by atoms with Crippen molar-refractivity contribution in [2.75, 3.05) is 47.0 Å². The summed E-state index contributed by atoms with van der Waals surface area (Å²) in [6.07, 6.45) is -0.637. The zero-order chi connectivity index (χ0) is 34.5. The van der Waals surface area contributed by atoms with E-state index in [0.29, 0.717) is 69.8 Å². The number of esters is 1. The van der Waals surface area contributed by atoms with E-state index in [4.69, 9.17) is 33.2 Å². The van der Waals surface area contributed by atoms with Crippen molar-refractivity contribution in [1.82, 2.24) is 4.57 Å². The molecule has 3 aromatic carbocycles. The molecule has 12 nitrogen and oxygen atoms in total. The molecule has 0 saturated carbocycles. The fourth-order valence-corrected chi connectivity index (χ4v) is 5.11. The van der Waals surface area contributed by atoms with Gasteiger partial charge in [-0.2, -0.15) is 0 Å². The predicted octanol–water partition coefficient (Wildman–Crippen LogP) is 6.61. The van der Waals surface area contributed by atoms with Crippen LogP contribution in [0.5, 0.6) is 28.7 Å². The van der Waals surface area contributed by atoms with Crippen LogP contribution in [-0.2, 0) is 9.47 Å². The lowest BCUT2D eigenvalue weighted by molar-refractivity contribution is 0.0589. The number of pyridine rings is 1. The van der Waals surface area contributed by atoms with E-state index in [0.717, 1.165) is 0 Å². The van der Waals surface area contributed by atoms with Crippen molar-refractivity contribution in [3.05, 3.63) is 64.6 Å². The van der Waals surface area contributed by atoms with Gasteiger partial charge < -0.3 is 33.2 Å². The Morgan fingerprint density at radius 3 is 1.79 bits per heavy atom. The Kier molecular flexibility index (Phi) is 10.5. The number of methoxy groups -OCH3 is 4. The Hall–Kier alpha value is -5.39. The highest BCUT2D eigenvalue weighted by Gasteiger charge is 2.28. The lowest BCUT2D eigenvalue weighted by atomic mass is 9.95. The van der Waals surface area contributed by atoms with Crippen molar-refractivity contribution in [3.63, 3.8) is 0 Å².